The van der Waals surface area contributed by atoms with E-state index in [1.54, 1.807) is 24.3 Å². The second-order valence-corrected chi connectivity index (χ2v) is 5.92. The molecule has 3 amide bonds. The zero-order chi connectivity index (χ0) is 20.5. The van der Waals surface area contributed by atoms with Gasteiger partial charge in [0.25, 0.3) is 5.91 Å². The first-order valence-electron chi connectivity index (χ1n) is 8.55. The van der Waals surface area contributed by atoms with E-state index >= 15 is 0 Å². The Kier molecular flexibility index (Phi) is 7.27. The van der Waals surface area contributed by atoms with E-state index in [9.17, 15) is 14.4 Å². The van der Waals surface area contributed by atoms with Gasteiger partial charge in [-0.2, -0.15) is 5.10 Å². The Morgan fingerprint density at radius 1 is 1.00 bits per heavy atom. The largest absolute Gasteiger partial charge is 0.483 e. The van der Waals surface area contributed by atoms with E-state index in [0.29, 0.717) is 11.3 Å². The number of para-hydroxylation sites is 2. The van der Waals surface area contributed by atoms with E-state index in [1.165, 1.54) is 13.3 Å². The molecule has 8 nitrogen and oxygen atoms in total. The number of hydrogen-bond acceptors (Lipinski definition) is 5. The fourth-order valence-corrected chi connectivity index (χ4v) is 2.37. The molecular weight excluding hydrogens is 360 g/mol. The highest BCUT2D eigenvalue weighted by atomic mass is 16.5. The maximum absolute atomic E-state index is 12.2. The van der Waals surface area contributed by atoms with Crippen LogP contribution in [0.1, 0.15) is 16.7 Å². The van der Waals surface area contributed by atoms with Gasteiger partial charge in [-0.3, -0.25) is 14.4 Å². The lowest BCUT2D eigenvalue weighted by Crippen LogP contribution is -2.35. The minimum Gasteiger partial charge on any atom is -0.483 e. The number of anilines is 1. The molecule has 0 heterocycles. The first-order valence-corrected chi connectivity index (χ1v) is 8.55. The summed E-state index contributed by atoms with van der Waals surface area (Å²) in [7, 11) is 1.35. The van der Waals surface area contributed by atoms with Gasteiger partial charge in [-0.25, -0.2) is 5.43 Å². The number of hydrogen-bond donors (Lipinski definition) is 3. The molecule has 0 saturated carbocycles. The predicted molar refractivity (Wildman–Crippen MR) is 106 cm³/mol. The summed E-state index contributed by atoms with van der Waals surface area (Å²) in [5.41, 5.74) is 5.34. The quantitative estimate of drug-likeness (QED) is 0.400. The fourth-order valence-electron chi connectivity index (χ4n) is 2.37. The van der Waals surface area contributed by atoms with Gasteiger partial charge in [0.05, 0.1) is 6.21 Å². The highest BCUT2D eigenvalue weighted by molar-refractivity contribution is 6.35. The van der Waals surface area contributed by atoms with Crippen LogP contribution in [0.2, 0.25) is 0 Å². The van der Waals surface area contributed by atoms with Crippen molar-refractivity contribution in [1.29, 1.82) is 0 Å². The smallest absolute Gasteiger partial charge is 0.329 e. The van der Waals surface area contributed by atoms with Crippen molar-refractivity contribution in [3.63, 3.8) is 0 Å². The number of rotatable bonds is 6. The average Bonchev–Trinajstić information content (AvgIpc) is 2.69. The molecule has 0 aromatic heterocycles. The van der Waals surface area contributed by atoms with Gasteiger partial charge in [-0.1, -0.05) is 30.3 Å². The van der Waals surface area contributed by atoms with Gasteiger partial charge in [-0.15, -0.1) is 0 Å². The predicted octanol–water partition coefficient (Wildman–Crippen LogP) is 1.52. The van der Waals surface area contributed by atoms with Gasteiger partial charge < -0.3 is 15.4 Å². The van der Waals surface area contributed by atoms with E-state index in [2.05, 4.69) is 21.2 Å². The molecule has 0 fully saturated rings. The highest BCUT2D eigenvalue weighted by Gasteiger charge is 2.11. The number of ether oxygens (including phenoxy) is 1. The van der Waals surface area contributed by atoms with Crippen molar-refractivity contribution in [3.05, 3.63) is 59.2 Å². The SMILES string of the molecule is CNC(=O)C(=O)N/N=C\c1ccccc1OCC(=O)Nc1c(C)cccc1C. The molecule has 0 unspecified atom stereocenters. The van der Waals surface area contributed by atoms with E-state index in [4.69, 9.17) is 4.74 Å². The second kappa shape index (κ2) is 9.86. The van der Waals surface area contributed by atoms with Crippen LogP contribution in [0, 0.1) is 13.8 Å². The van der Waals surface area contributed by atoms with Gasteiger partial charge in [0.15, 0.2) is 6.61 Å². The summed E-state index contributed by atoms with van der Waals surface area (Å²) in [6.07, 6.45) is 1.33. The monoisotopic (exact) mass is 382 g/mol. The summed E-state index contributed by atoms with van der Waals surface area (Å²) in [4.78, 5) is 34.7. The molecule has 0 aliphatic heterocycles. The molecule has 0 spiro atoms. The molecule has 0 bridgehead atoms. The van der Waals surface area contributed by atoms with Crippen LogP contribution >= 0.6 is 0 Å². The Balaban J connectivity index is 1.98. The van der Waals surface area contributed by atoms with Gasteiger partial charge in [0.1, 0.15) is 5.75 Å². The molecule has 0 aliphatic carbocycles. The van der Waals surface area contributed by atoms with Gasteiger partial charge >= 0.3 is 11.8 Å². The number of likely N-dealkylation sites (N-methyl/N-ethyl adjacent to an activating group) is 1. The lowest BCUT2D eigenvalue weighted by molar-refractivity contribution is -0.138. The Hall–Kier alpha value is -3.68. The van der Waals surface area contributed by atoms with E-state index in [1.807, 2.05) is 32.0 Å². The van der Waals surface area contributed by atoms with Crippen LogP contribution in [0.15, 0.2) is 47.6 Å². The molecule has 0 atom stereocenters. The van der Waals surface area contributed by atoms with Crippen LogP contribution in [0.3, 0.4) is 0 Å². The molecule has 28 heavy (non-hydrogen) atoms. The number of hydrazone groups is 1. The molecule has 146 valence electrons. The molecule has 0 radical (unpaired) electrons. The third-order valence-electron chi connectivity index (χ3n) is 3.83. The summed E-state index contributed by atoms with van der Waals surface area (Å²) in [5, 5.41) is 8.76. The zero-order valence-electron chi connectivity index (χ0n) is 15.9. The third kappa shape index (κ3) is 5.66. The Labute approximate surface area is 163 Å². The van der Waals surface area contributed by atoms with Crippen LogP contribution in [0.25, 0.3) is 0 Å². The first-order chi connectivity index (χ1) is 13.4. The zero-order valence-corrected chi connectivity index (χ0v) is 15.9. The van der Waals surface area contributed by atoms with Gasteiger partial charge in [-0.05, 0) is 37.1 Å². The molecule has 2 aromatic carbocycles. The second-order valence-electron chi connectivity index (χ2n) is 5.92. The maximum atomic E-state index is 12.2. The van der Waals surface area contributed by atoms with E-state index in [0.717, 1.165) is 16.8 Å². The number of nitrogens with zero attached hydrogens (tertiary/aromatic N) is 1. The first kappa shape index (κ1) is 20.6. The summed E-state index contributed by atoms with van der Waals surface area (Å²) >= 11 is 0. The standard InChI is InChI=1S/C20H22N4O4/c1-13-7-6-8-14(2)18(13)23-17(25)12-28-16-10-5-4-9-15(16)11-22-24-20(27)19(26)21-3/h4-11H,12H2,1-3H3,(H,21,26)(H,23,25)(H,24,27)/b22-11-. The summed E-state index contributed by atoms with van der Waals surface area (Å²) in [6.45, 7) is 3.65. The highest BCUT2D eigenvalue weighted by Crippen LogP contribution is 2.20. The number of carbonyl (C=O) groups is 3. The van der Waals surface area contributed by atoms with Crippen molar-refractivity contribution in [2.75, 3.05) is 19.0 Å². The van der Waals surface area contributed by atoms with Crippen molar-refractivity contribution < 1.29 is 19.1 Å². The number of carbonyl (C=O) groups excluding carboxylic acids is 3. The normalized spacial score (nSPS) is 10.4. The average molecular weight is 382 g/mol. The van der Waals surface area contributed by atoms with Crippen molar-refractivity contribution in [1.82, 2.24) is 10.7 Å². The maximum Gasteiger partial charge on any atom is 0.329 e. The molecule has 2 rings (SSSR count). The summed E-state index contributed by atoms with van der Waals surface area (Å²) in [6, 6.07) is 12.6. The number of amides is 3. The number of aryl methyl sites for hydroxylation is 2. The van der Waals surface area contributed by atoms with Crippen LogP contribution < -0.4 is 20.8 Å². The van der Waals surface area contributed by atoms with E-state index in [-0.39, 0.29) is 12.5 Å². The lowest BCUT2D eigenvalue weighted by Gasteiger charge is -2.13. The Morgan fingerprint density at radius 2 is 1.68 bits per heavy atom. The minimum absolute atomic E-state index is 0.191. The lowest BCUT2D eigenvalue weighted by atomic mass is 10.1. The van der Waals surface area contributed by atoms with Crippen molar-refractivity contribution in [3.8, 4) is 5.75 Å². The van der Waals surface area contributed by atoms with Crippen LogP contribution in [-0.4, -0.2) is 37.6 Å². The molecule has 2 aromatic rings. The number of nitrogens with one attached hydrogen (secondary N) is 3. The molecule has 0 saturated heterocycles. The molecule has 8 heteroatoms. The van der Waals surface area contributed by atoms with Crippen LogP contribution in [0.5, 0.6) is 5.75 Å². The van der Waals surface area contributed by atoms with Gasteiger partial charge in [0.2, 0.25) is 0 Å². The van der Waals surface area contributed by atoms with Crippen LogP contribution in [0.4, 0.5) is 5.69 Å². The molecular formula is C20H22N4O4. The third-order valence-corrected chi connectivity index (χ3v) is 3.83. The van der Waals surface area contributed by atoms with Crippen LogP contribution in [-0.2, 0) is 14.4 Å². The topological polar surface area (TPSA) is 109 Å². The fraction of sp³-hybridized carbons (Fsp3) is 0.200. The summed E-state index contributed by atoms with van der Waals surface area (Å²) in [5.74, 6) is -1.57. The van der Waals surface area contributed by atoms with E-state index < -0.39 is 11.8 Å². The van der Waals surface area contributed by atoms with Crippen molar-refractivity contribution in [2.45, 2.75) is 13.8 Å². The van der Waals surface area contributed by atoms with Gasteiger partial charge in [0, 0.05) is 18.3 Å². The van der Waals surface area contributed by atoms with Crippen molar-refractivity contribution >= 4 is 29.6 Å². The molecule has 0 aliphatic rings. The minimum atomic E-state index is -0.884. The summed E-state index contributed by atoms with van der Waals surface area (Å²) < 4.78 is 5.58. The Morgan fingerprint density at radius 3 is 2.36 bits per heavy atom. The number of benzene rings is 2. The molecule has 3 N–H and O–H groups in total. The Bertz CT molecular complexity index is 889. The van der Waals surface area contributed by atoms with Crippen molar-refractivity contribution in [2.24, 2.45) is 5.10 Å².